The van der Waals surface area contributed by atoms with Crippen molar-refractivity contribution in [1.29, 1.82) is 0 Å². The van der Waals surface area contributed by atoms with E-state index in [1.54, 1.807) is 4.90 Å². The van der Waals surface area contributed by atoms with Gasteiger partial charge in [0.25, 0.3) is 0 Å². The molecule has 0 saturated carbocycles. The molecule has 1 aromatic heterocycles. The zero-order chi connectivity index (χ0) is 18.6. The number of carbonyl (C=O) groups is 1. The van der Waals surface area contributed by atoms with Crippen LogP contribution in [0.3, 0.4) is 0 Å². The van der Waals surface area contributed by atoms with E-state index in [0.717, 1.165) is 40.2 Å². The zero-order valence-electron chi connectivity index (χ0n) is 15.0. The van der Waals surface area contributed by atoms with E-state index in [9.17, 15) is 4.79 Å². The Hall–Kier alpha value is -3.59. The first kappa shape index (κ1) is 16.9. The lowest BCUT2D eigenvalue weighted by Gasteiger charge is -2.19. The van der Waals surface area contributed by atoms with Crippen LogP contribution in [0.15, 0.2) is 95.4 Å². The van der Waals surface area contributed by atoms with Crippen molar-refractivity contribution in [2.24, 2.45) is 0 Å². The van der Waals surface area contributed by atoms with E-state index in [4.69, 9.17) is 4.42 Å². The topological polar surface area (TPSA) is 33.5 Å². The number of benzene rings is 3. The van der Waals surface area contributed by atoms with Gasteiger partial charge in [0.15, 0.2) is 0 Å². The fourth-order valence-electron chi connectivity index (χ4n) is 3.32. The summed E-state index contributed by atoms with van der Waals surface area (Å²) in [5.74, 6) is 1.46. The van der Waals surface area contributed by atoms with Crippen LogP contribution < -0.4 is 4.90 Å². The molecule has 3 heteroatoms. The number of amides is 1. The predicted octanol–water partition coefficient (Wildman–Crippen LogP) is 6.22. The Morgan fingerprint density at radius 3 is 1.81 bits per heavy atom. The molecule has 0 N–H and O–H groups in total. The molecular formula is C24H19NO2. The Morgan fingerprint density at radius 1 is 0.741 bits per heavy atom. The molecule has 0 aliphatic carbocycles. The van der Waals surface area contributed by atoms with Crippen molar-refractivity contribution in [3.05, 3.63) is 96.8 Å². The smallest absolute Gasteiger partial charge is 0.218 e. The van der Waals surface area contributed by atoms with E-state index in [-0.39, 0.29) is 0 Å². The van der Waals surface area contributed by atoms with E-state index in [2.05, 4.69) is 0 Å². The van der Waals surface area contributed by atoms with Gasteiger partial charge in [-0.2, -0.15) is 0 Å². The normalized spacial score (nSPS) is 10.6. The van der Waals surface area contributed by atoms with Crippen molar-refractivity contribution < 1.29 is 9.21 Å². The van der Waals surface area contributed by atoms with Gasteiger partial charge in [-0.25, -0.2) is 0 Å². The Kier molecular flexibility index (Phi) is 4.58. The fourth-order valence-corrected chi connectivity index (χ4v) is 3.32. The van der Waals surface area contributed by atoms with E-state index < -0.39 is 0 Å². The molecule has 4 aromatic rings. The van der Waals surface area contributed by atoms with Crippen LogP contribution in [-0.2, 0) is 4.79 Å². The molecule has 0 radical (unpaired) electrons. The number of aryl methyl sites for hydroxylation is 1. The van der Waals surface area contributed by atoms with Crippen LogP contribution in [0.1, 0.15) is 5.76 Å². The average molecular weight is 353 g/mol. The molecular weight excluding hydrogens is 334 g/mol. The molecule has 0 saturated heterocycles. The van der Waals surface area contributed by atoms with Gasteiger partial charge in [-0.15, -0.1) is 0 Å². The Morgan fingerprint density at radius 2 is 1.26 bits per heavy atom. The van der Waals surface area contributed by atoms with Gasteiger partial charge >= 0.3 is 0 Å². The van der Waals surface area contributed by atoms with Gasteiger partial charge in [0.1, 0.15) is 11.5 Å². The van der Waals surface area contributed by atoms with Gasteiger partial charge in [0.05, 0.1) is 11.3 Å². The molecule has 3 aromatic carbocycles. The minimum atomic E-state index is 0.698. The van der Waals surface area contributed by atoms with Crippen molar-refractivity contribution in [3.8, 4) is 22.5 Å². The molecule has 0 fully saturated rings. The van der Waals surface area contributed by atoms with Gasteiger partial charge in [0.2, 0.25) is 6.41 Å². The van der Waals surface area contributed by atoms with Gasteiger partial charge in [-0.05, 0) is 24.6 Å². The lowest BCUT2D eigenvalue weighted by molar-refractivity contribution is -0.106. The van der Waals surface area contributed by atoms with Crippen molar-refractivity contribution in [2.75, 3.05) is 4.90 Å². The summed E-state index contributed by atoms with van der Waals surface area (Å²) in [7, 11) is 0. The van der Waals surface area contributed by atoms with Gasteiger partial charge in [-0.3, -0.25) is 9.69 Å². The number of hydrogen-bond donors (Lipinski definition) is 0. The maximum absolute atomic E-state index is 12.1. The van der Waals surface area contributed by atoms with Crippen LogP contribution in [0.4, 0.5) is 11.4 Å². The fraction of sp³-hybridized carbons (Fsp3) is 0.0417. The largest absolute Gasteiger partial charge is 0.458 e. The standard InChI is InChI=1S/C24H19NO2/c1-18-23(25(17-26)21-15-9-4-10-16-21)22(19-11-5-2-6-12-19)24(27-18)20-13-7-3-8-14-20/h2-17H,1H3. The van der Waals surface area contributed by atoms with Crippen molar-refractivity contribution in [3.63, 3.8) is 0 Å². The third-order valence-electron chi connectivity index (χ3n) is 4.53. The summed E-state index contributed by atoms with van der Waals surface area (Å²) in [6.07, 6.45) is 0.842. The molecule has 0 spiro atoms. The highest BCUT2D eigenvalue weighted by atomic mass is 16.3. The molecule has 132 valence electrons. The van der Waals surface area contributed by atoms with Crippen LogP contribution in [0.5, 0.6) is 0 Å². The molecule has 0 aliphatic heterocycles. The van der Waals surface area contributed by atoms with E-state index in [0.29, 0.717) is 5.76 Å². The third kappa shape index (κ3) is 3.15. The minimum Gasteiger partial charge on any atom is -0.458 e. The second kappa shape index (κ2) is 7.34. The molecule has 4 rings (SSSR count). The summed E-state index contributed by atoms with van der Waals surface area (Å²) in [5.41, 5.74) is 4.46. The first-order chi connectivity index (χ1) is 13.3. The molecule has 3 nitrogen and oxygen atoms in total. The number of anilines is 2. The second-order valence-corrected chi connectivity index (χ2v) is 6.25. The summed E-state index contributed by atoms with van der Waals surface area (Å²) in [4.78, 5) is 13.7. The maximum atomic E-state index is 12.1. The van der Waals surface area contributed by atoms with Crippen LogP contribution in [0.25, 0.3) is 22.5 Å². The number of furan rings is 1. The van der Waals surface area contributed by atoms with E-state index in [1.807, 2.05) is 97.9 Å². The van der Waals surface area contributed by atoms with Crippen molar-refractivity contribution in [1.82, 2.24) is 0 Å². The zero-order valence-corrected chi connectivity index (χ0v) is 15.0. The molecule has 1 amide bonds. The van der Waals surface area contributed by atoms with Gasteiger partial charge in [0, 0.05) is 11.3 Å². The summed E-state index contributed by atoms with van der Waals surface area (Å²) >= 11 is 0. The van der Waals surface area contributed by atoms with Crippen LogP contribution in [0, 0.1) is 6.92 Å². The predicted molar refractivity (Wildman–Crippen MR) is 109 cm³/mol. The highest BCUT2D eigenvalue weighted by Gasteiger charge is 2.25. The average Bonchev–Trinajstić information content (AvgIpc) is 3.08. The number of hydrogen-bond acceptors (Lipinski definition) is 2. The van der Waals surface area contributed by atoms with Crippen LogP contribution in [0.2, 0.25) is 0 Å². The molecule has 27 heavy (non-hydrogen) atoms. The van der Waals surface area contributed by atoms with Crippen molar-refractivity contribution in [2.45, 2.75) is 6.92 Å². The maximum Gasteiger partial charge on any atom is 0.218 e. The number of rotatable bonds is 5. The highest BCUT2D eigenvalue weighted by molar-refractivity contribution is 5.99. The van der Waals surface area contributed by atoms with Gasteiger partial charge < -0.3 is 4.42 Å². The van der Waals surface area contributed by atoms with Crippen LogP contribution >= 0.6 is 0 Å². The van der Waals surface area contributed by atoms with Gasteiger partial charge in [-0.1, -0.05) is 78.9 Å². The Labute approximate surface area is 158 Å². The monoisotopic (exact) mass is 353 g/mol. The minimum absolute atomic E-state index is 0.698. The summed E-state index contributed by atoms with van der Waals surface area (Å²) in [5, 5.41) is 0. The Balaban J connectivity index is 1.99. The molecule has 0 atom stereocenters. The quantitative estimate of drug-likeness (QED) is 0.399. The third-order valence-corrected chi connectivity index (χ3v) is 4.53. The Bertz CT molecular complexity index is 1040. The second-order valence-electron chi connectivity index (χ2n) is 6.25. The molecule has 0 unspecified atom stereocenters. The van der Waals surface area contributed by atoms with Crippen LogP contribution in [-0.4, -0.2) is 6.41 Å². The number of para-hydroxylation sites is 1. The SMILES string of the molecule is Cc1oc(-c2ccccc2)c(-c2ccccc2)c1N(C=O)c1ccccc1. The summed E-state index contributed by atoms with van der Waals surface area (Å²) in [6.45, 7) is 1.90. The van der Waals surface area contributed by atoms with Crippen molar-refractivity contribution >= 4 is 17.8 Å². The first-order valence-electron chi connectivity index (χ1n) is 8.83. The highest BCUT2D eigenvalue weighted by Crippen LogP contribution is 2.45. The molecule has 0 aliphatic rings. The molecule has 0 bridgehead atoms. The molecule has 1 heterocycles. The number of carbonyl (C=O) groups excluding carboxylic acids is 1. The van der Waals surface area contributed by atoms with E-state index >= 15 is 0 Å². The lowest BCUT2D eigenvalue weighted by atomic mass is 9.99. The first-order valence-corrected chi connectivity index (χ1v) is 8.83. The van der Waals surface area contributed by atoms with E-state index in [1.165, 1.54) is 0 Å². The summed E-state index contributed by atoms with van der Waals surface area (Å²) in [6, 6.07) is 29.6. The summed E-state index contributed by atoms with van der Waals surface area (Å²) < 4.78 is 6.19. The number of nitrogens with zero attached hydrogens (tertiary/aromatic N) is 1. The lowest BCUT2D eigenvalue weighted by Crippen LogP contribution is -2.15.